The van der Waals surface area contributed by atoms with Gasteiger partial charge in [-0.15, -0.1) is 0 Å². The van der Waals surface area contributed by atoms with Gasteiger partial charge in [-0.1, -0.05) is 32.9 Å². The zero-order chi connectivity index (χ0) is 11.8. The summed E-state index contributed by atoms with van der Waals surface area (Å²) in [6.45, 7) is 6.47. The van der Waals surface area contributed by atoms with Crippen molar-refractivity contribution in [1.29, 1.82) is 0 Å². The number of aromatic nitrogens is 2. The minimum absolute atomic E-state index is 0.0361. The van der Waals surface area contributed by atoms with Crippen LogP contribution in [0.5, 0.6) is 0 Å². The zero-order valence-electron chi connectivity index (χ0n) is 9.82. The number of benzene rings is 1. The predicted octanol–water partition coefficient (Wildman–Crippen LogP) is 2.46. The van der Waals surface area contributed by atoms with Crippen molar-refractivity contribution in [3.8, 4) is 5.69 Å². The maximum Gasteiger partial charge on any atom is 0.271 e. The lowest BCUT2D eigenvalue weighted by molar-refractivity contribution is 0.589. The van der Waals surface area contributed by atoms with Gasteiger partial charge in [-0.2, -0.15) is 0 Å². The molecule has 16 heavy (non-hydrogen) atoms. The van der Waals surface area contributed by atoms with E-state index < -0.39 is 0 Å². The Morgan fingerprint density at radius 3 is 2.50 bits per heavy atom. The Hall–Kier alpha value is -1.77. The smallest absolute Gasteiger partial charge is 0.271 e. The number of nitrogens with one attached hydrogen (secondary N) is 1. The predicted molar refractivity (Wildman–Crippen MR) is 65.1 cm³/mol. The van der Waals surface area contributed by atoms with Gasteiger partial charge in [0, 0.05) is 12.3 Å². The highest BCUT2D eigenvalue weighted by molar-refractivity contribution is 5.37. The molecule has 0 saturated carbocycles. The van der Waals surface area contributed by atoms with Crippen LogP contribution in [0.3, 0.4) is 0 Å². The van der Waals surface area contributed by atoms with Gasteiger partial charge in [-0.3, -0.25) is 9.89 Å². The molecular formula is C13H16N2O. The first-order valence-electron chi connectivity index (χ1n) is 5.36. The summed E-state index contributed by atoms with van der Waals surface area (Å²) in [6.07, 6.45) is 1.64. The molecule has 0 radical (unpaired) electrons. The molecule has 0 bridgehead atoms. The van der Waals surface area contributed by atoms with Gasteiger partial charge in [0.15, 0.2) is 0 Å². The van der Waals surface area contributed by atoms with Crippen LogP contribution >= 0.6 is 0 Å². The van der Waals surface area contributed by atoms with Crippen LogP contribution in [0.25, 0.3) is 5.69 Å². The lowest BCUT2D eigenvalue weighted by Crippen LogP contribution is -2.16. The van der Waals surface area contributed by atoms with E-state index in [-0.39, 0.29) is 11.0 Å². The molecule has 0 unspecified atom stereocenters. The van der Waals surface area contributed by atoms with Crippen LogP contribution in [-0.2, 0) is 5.41 Å². The first-order chi connectivity index (χ1) is 7.48. The molecule has 1 aromatic heterocycles. The molecular weight excluding hydrogens is 200 g/mol. The molecule has 84 valence electrons. The maximum absolute atomic E-state index is 11.5. The van der Waals surface area contributed by atoms with Crippen LogP contribution < -0.4 is 5.56 Å². The van der Waals surface area contributed by atoms with Crippen LogP contribution in [0.15, 0.2) is 41.3 Å². The van der Waals surface area contributed by atoms with E-state index in [0.29, 0.717) is 0 Å². The number of hydrogen-bond acceptors (Lipinski definition) is 1. The fourth-order valence-electron chi connectivity index (χ4n) is 1.63. The number of nitrogens with zero attached hydrogens (tertiary/aromatic N) is 1. The quantitative estimate of drug-likeness (QED) is 0.781. The van der Waals surface area contributed by atoms with E-state index >= 15 is 0 Å². The summed E-state index contributed by atoms with van der Waals surface area (Å²) in [5, 5.41) is 2.90. The third-order valence-corrected chi connectivity index (χ3v) is 2.62. The lowest BCUT2D eigenvalue weighted by atomic mass is 9.87. The number of hydrogen-bond donors (Lipinski definition) is 1. The van der Waals surface area contributed by atoms with Gasteiger partial charge >= 0.3 is 0 Å². The third kappa shape index (κ3) is 1.94. The second-order valence-corrected chi connectivity index (χ2v) is 4.94. The normalized spacial score (nSPS) is 11.7. The van der Waals surface area contributed by atoms with Crippen molar-refractivity contribution in [2.24, 2.45) is 0 Å². The molecule has 0 aliphatic carbocycles. The van der Waals surface area contributed by atoms with E-state index in [1.165, 1.54) is 16.3 Å². The average molecular weight is 216 g/mol. The van der Waals surface area contributed by atoms with Crippen molar-refractivity contribution >= 4 is 0 Å². The van der Waals surface area contributed by atoms with E-state index in [9.17, 15) is 4.79 Å². The summed E-state index contributed by atoms with van der Waals surface area (Å²) >= 11 is 0. The Morgan fingerprint density at radius 2 is 1.94 bits per heavy atom. The summed E-state index contributed by atoms with van der Waals surface area (Å²) in [6, 6.07) is 9.54. The Kier molecular flexibility index (Phi) is 2.46. The minimum atomic E-state index is -0.0361. The Morgan fingerprint density at radius 1 is 1.19 bits per heavy atom. The minimum Gasteiger partial charge on any atom is -0.298 e. The largest absolute Gasteiger partial charge is 0.298 e. The van der Waals surface area contributed by atoms with Crippen molar-refractivity contribution in [2.45, 2.75) is 26.2 Å². The van der Waals surface area contributed by atoms with Crippen molar-refractivity contribution in [1.82, 2.24) is 9.78 Å². The monoisotopic (exact) mass is 216 g/mol. The summed E-state index contributed by atoms with van der Waals surface area (Å²) in [7, 11) is 0. The van der Waals surface area contributed by atoms with E-state index in [0.717, 1.165) is 5.69 Å². The topological polar surface area (TPSA) is 37.8 Å². The van der Waals surface area contributed by atoms with Crippen molar-refractivity contribution in [3.63, 3.8) is 0 Å². The number of aromatic amines is 1. The average Bonchev–Trinajstić information content (AvgIpc) is 2.63. The van der Waals surface area contributed by atoms with Gasteiger partial charge < -0.3 is 0 Å². The van der Waals surface area contributed by atoms with Gasteiger partial charge in [0.2, 0.25) is 0 Å². The van der Waals surface area contributed by atoms with Gasteiger partial charge in [-0.05, 0) is 23.1 Å². The Labute approximate surface area is 94.7 Å². The first-order valence-corrected chi connectivity index (χ1v) is 5.36. The molecule has 0 aliphatic rings. The maximum atomic E-state index is 11.5. The summed E-state index contributed by atoms with van der Waals surface area (Å²) in [4.78, 5) is 11.5. The molecule has 0 fully saturated rings. The van der Waals surface area contributed by atoms with E-state index in [1.807, 2.05) is 18.2 Å². The highest BCUT2D eigenvalue weighted by Crippen LogP contribution is 2.23. The van der Waals surface area contributed by atoms with Crippen molar-refractivity contribution in [3.05, 3.63) is 52.4 Å². The molecule has 3 nitrogen and oxygen atoms in total. The molecule has 1 heterocycles. The van der Waals surface area contributed by atoms with Crippen molar-refractivity contribution < 1.29 is 0 Å². The molecule has 0 amide bonds. The van der Waals surface area contributed by atoms with Gasteiger partial charge in [0.05, 0.1) is 5.69 Å². The van der Waals surface area contributed by atoms with Crippen LogP contribution in [-0.4, -0.2) is 9.78 Å². The summed E-state index contributed by atoms with van der Waals surface area (Å²) in [5.74, 6) is 0. The number of rotatable bonds is 1. The summed E-state index contributed by atoms with van der Waals surface area (Å²) in [5.41, 5.74) is 2.15. The zero-order valence-corrected chi connectivity index (χ0v) is 9.82. The van der Waals surface area contributed by atoms with Crippen LogP contribution in [0.2, 0.25) is 0 Å². The third-order valence-electron chi connectivity index (χ3n) is 2.62. The van der Waals surface area contributed by atoms with E-state index in [2.05, 4.69) is 31.9 Å². The Bertz CT molecular complexity index is 543. The molecule has 2 aromatic rings. The van der Waals surface area contributed by atoms with E-state index in [1.54, 1.807) is 6.20 Å². The van der Waals surface area contributed by atoms with Crippen LogP contribution in [0.1, 0.15) is 26.3 Å². The molecule has 3 heteroatoms. The van der Waals surface area contributed by atoms with E-state index in [4.69, 9.17) is 0 Å². The first kappa shape index (κ1) is 10.7. The highest BCUT2D eigenvalue weighted by Gasteiger charge is 2.14. The molecule has 2 rings (SSSR count). The van der Waals surface area contributed by atoms with Gasteiger partial charge in [-0.25, -0.2) is 4.68 Å². The fraction of sp³-hybridized carbons (Fsp3) is 0.308. The second kappa shape index (κ2) is 3.67. The van der Waals surface area contributed by atoms with Crippen LogP contribution in [0, 0.1) is 0 Å². The molecule has 1 N–H and O–H groups in total. The molecule has 0 spiro atoms. The highest BCUT2D eigenvalue weighted by atomic mass is 16.1. The second-order valence-electron chi connectivity index (χ2n) is 4.94. The molecule has 1 aromatic carbocycles. The number of H-pyrrole nitrogens is 1. The lowest BCUT2D eigenvalue weighted by Gasteiger charge is -2.19. The molecule has 0 saturated heterocycles. The van der Waals surface area contributed by atoms with Crippen molar-refractivity contribution in [2.75, 3.05) is 0 Å². The van der Waals surface area contributed by atoms with Gasteiger partial charge in [0.25, 0.3) is 5.56 Å². The molecule has 0 atom stereocenters. The standard InChI is InChI=1S/C13H16N2O/c1-13(2,3)10-5-4-6-11(9-10)15-12(16)7-8-14-15/h4-9,14H,1-3H3. The SMILES string of the molecule is CC(C)(C)c1cccc(-n2[nH]ccc2=O)c1. The summed E-state index contributed by atoms with van der Waals surface area (Å²) < 4.78 is 1.54. The fourth-order valence-corrected chi connectivity index (χ4v) is 1.63. The molecule has 0 aliphatic heterocycles. The Balaban J connectivity index is 2.53. The van der Waals surface area contributed by atoms with Gasteiger partial charge in [0.1, 0.15) is 0 Å². The van der Waals surface area contributed by atoms with Crippen LogP contribution in [0.4, 0.5) is 0 Å².